The van der Waals surface area contributed by atoms with Crippen LogP contribution in [-0.4, -0.2) is 4.98 Å². The van der Waals surface area contributed by atoms with Crippen molar-refractivity contribution in [3.05, 3.63) is 28.5 Å². The van der Waals surface area contributed by atoms with Gasteiger partial charge in [-0.05, 0) is 25.5 Å². The first-order valence-electron chi connectivity index (χ1n) is 3.49. The van der Waals surface area contributed by atoms with E-state index in [0.29, 0.717) is 5.02 Å². The molecule has 0 aliphatic rings. The molecule has 1 heterocycles. The quantitative estimate of drug-likeness (QED) is 0.701. The van der Waals surface area contributed by atoms with Crippen molar-refractivity contribution in [3.63, 3.8) is 0 Å². The molecule has 1 atom stereocenters. The monoisotopic (exact) mass is 170 g/mol. The summed E-state index contributed by atoms with van der Waals surface area (Å²) in [5.74, 6) is 0. The molecular weight excluding hydrogens is 160 g/mol. The Bertz CT molecular complexity index is 258. The molecular formula is C8H11ClN2. The molecule has 0 bridgehead atoms. The number of hydrogen-bond donors (Lipinski definition) is 1. The van der Waals surface area contributed by atoms with Crippen LogP contribution in [0.1, 0.15) is 24.2 Å². The molecule has 1 aromatic rings. The van der Waals surface area contributed by atoms with Gasteiger partial charge in [0.15, 0.2) is 0 Å². The van der Waals surface area contributed by atoms with Crippen molar-refractivity contribution >= 4 is 11.6 Å². The Labute approximate surface area is 71.4 Å². The average Bonchev–Trinajstić information content (AvgIpc) is 1.85. The third-order valence-corrected chi connectivity index (χ3v) is 1.74. The highest BCUT2D eigenvalue weighted by molar-refractivity contribution is 6.31. The van der Waals surface area contributed by atoms with Gasteiger partial charge in [0.1, 0.15) is 0 Å². The number of aromatic nitrogens is 1. The van der Waals surface area contributed by atoms with Crippen LogP contribution in [0.4, 0.5) is 0 Å². The van der Waals surface area contributed by atoms with E-state index in [1.54, 1.807) is 6.20 Å². The van der Waals surface area contributed by atoms with Crippen molar-refractivity contribution in [1.29, 1.82) is 0 Å². The second-order valence-corrected chi connectivity index (χ2v) is 3.08. The summed E-state index contributed by atoms with van der Waals surface area (Å²) in [5, 5.41) is 0.653. The maximum absolute atomic E-state index is 5.88. The molecule has 1 aromatic heterocycles. The molecule has 0 fully saturated rings. The highest BCUT2D eigenvalue weighted by atomic mass is 35.5. The Balaban J connectivity index is 3.09. The Hall–Kier alpha value is -0.600. The lowest BCUT2D eigenvalue weighted by atomic mass is 10.2. The molecule has 2 nitrogen and oxygen atoms in total. The van der Waals surface area contributed by atoms with Crippen LogP contribution in [0.5, 0.6) is 0 Å². The summed E-state index contributed by atoms with van der Waals surface area (Å²) < 4.78 is 0. The molecule has 0 spiro atoms. The maximum atomic E-state index is 5.88. The number of nitrogens with two attached hydrogens (primary N) is 1. The van der Waals surface area contributed by atoms with Gasteiger partial charge in [-0.1, -0.05) is 11.6 Å². The third kappa shape index (κ3) is 1.91. The standard InChI is InChI=1S/C8H11ClN2/c1-5-3-7(9)8(6(2)10)11-4-5/h3-4,6H,10H2,1-2H3. The van der Waals surface area contributed by atoms with Crippen LogP contribution in [0.25, 0.3) is 0 Å². The minimum absolute atomic E-state index is 0.0944. The van der Waals surface area contributed by atoms with Gasteiger partial charge in [-0.15, -0.1) is 0 Å². The van der Waals surface area contributed by atoms with E-state index in [2.05, 4.69) is 4.98 Å². The molecule has 0 saturated heterocycles. The van der Waals surface area contributed by atoms with Gasteiger partial charge >= 0.3 is 0 Å². The van der Waals surface area contributed by atoms with Gasteiger partial charge in [0.2, 0.25) is 0 Å². The molecule has 60 valence electrons. The van der Waals surface area contributed by atoms with Gasteiger partial charge in [0.05, 0.1) is 10.7 Å². The zero-order valence-corrected chi connectivity index (χ0v) is 7.39. The van der Waals surface area contributed by atoms with Crippen molar-refractivity contribution in [3.8, 4) is 0 Å². The summed E-state index contributed by atoms with van der Waals surface area (Å²) in [6.07, 6.45) is 1.77. The summed E-state index contributed by atoms with van der Waals surface area (Å²) in [5.41, 5.74) is 7.43. The lowest BCUT2D eigenvalue weighted by Crippen LogP contribution is -2.07. The number of pyridine rings is 1. The molecule has 0 aromatic carbocycles. The van der Waals surface area contributed by atoms with E-state index >= 15 is 0 Å². The first-order valence-corrected chi connectivity index (χ1v) is 3.86. The molecule has 3 heteroatoms. The van der Waals surface area contributed by atoms with E-state index in [4.69, 9.17) is 17.3 Å². The van der Waals surface area contributed by atoms with Gasteiger partial charge < -0.3 is 5.73 Å². The summed E-state index contributed by atoms with van der Waals surface area (Å²) in [4.78, 5) is 4.12. The Morgan fingerprint density at radius 2 is 2.27 bits per heavy atom. The minimum Gasteiger partial charge on any atom is -0.323 e. The SMILES string of the molecule is Cc1cnc(C(C)N)c(Cl)c1. The van der Waals surface area contributed by atoms with Gasteiger partial charge in [-0.2, -0.15) is 0 Å². The van der Waals surface area contributed by atoms with Crippen LogP contribution in [0, 0.1) is 6.92 Å². The lowest BCUT2D eigenvalue weighted by molar-refractivity contribution is 0.780. The van der Waals surface area contributed by atoms with E-state index in [9.17, 15) is 0 Å². The largest absolute Gasteiger partial charge is 0.323 e. The fourth-order valence-electron chi connectivity index (χ4n) is 0.879. The smallest absolute Gasteiger partial charge is 0.0754 e. The highest BCUT2D eigenvalue weighted by Crippen LogP contribution is 2.19. The van der Waals surface area contributed by atoms with Crippen molar-refractivity contribution in [2.45, 2.75) is 19.9 Å². The summed E-state index contributed by atoms with van der Waals surface area (Å²) in [6, 6.07) is 1.77. The van der Waals surface area contributed by atoms with Crippen LogP contribution in [-0.2, 0) is 0 Å². The number of hydrogen-bond acceptors (Lipinski definition) is 2. The van der Waals surface area contributed by atoms with E-state index in [1.165, 1.54) is 0 Å². The molecule has 1 unspecified atom stereocenters. The number of aryl methyl sites for hydroxylation is 1. The van der Waals surface area contributed by atoms with Gasteiger partial charge in [0, 0.05) is 12.2 Å². The van der Waals surface area contributed by atoms with Crippen LogP contribution in [0.15, 0.2) is 12.3 Å². The van der Waals surface area contributed by atoms with Crippen molar-refractivity contribution < 1.29 is 0 Å². The summed E-state index contributed by atoms with van der Waals surface area (Å²) in [6.45, 7) is 3.81. The second-order valence-electron chi connectivity index (χ2n) is 2.67. The Kier molecular flexibility index (Phi) is 2.47. The number of rotatable bonds is 1. The van der Waals surface area contributed by atoms with Crippen molar-refractivity contribution in [2.75, 3.05) is 0 Å². The fourth-order valence-corrected chi connectivity index (χ4v) is 1.27. The first-order chi connectivity index (χ1) is 5.11. The Morgan fingerprint density at radius 1 is 1.64 bits per heavy atom. The second kappa shape index (κ2) is 3.20. The maximum Gasteiger partial charge on any atom is 0.0754 e. The minimum atomic E-state index is -0.0944. The van der Waals surface area contributed by atoms with E-state index < -0.39 is 0 Å². The predicted molar refractivity (Wildman–Crippen MR) is 46.6 cm³/mol. The van der Waals surface area contributed by atoms with Crippen LogP contribution in [0.3, 0.4) is 0 Å². The number of nitrogens with zero attached hydrogens (tertiary/aromatic N) is 1. The van der Waals surface area contributed by atoms with Crippen LogP contribution >= 0.6 is 11.6 Å². The zero-order valence-electron chi connectivity index (χ0n) is 6.63. The summed E-state index contributed by atoms with van der Waals surface area (Å²) in [7, 11) is 0. The predicted octanol–water partition coefficient (Wildman–Crippen LogP) is 2.06. The first kappa shape index (κ1) is 8.50. The number of halogens is 1. The normalized spacial score (nSPS) is 13.1. The van der Waals surface area contributed by atoms with Gasteiger partial charge in [-0.3, -0.25) is 4.98 Å². The van der Waals surface area contributed by atoms with Crippen molar-refractivity contribution in [2.24, 2.45) is 5.73 Å². The van der Waals surface area contributed by atoms with E-state index in [0.717, 1.165) is 11.3 Å². The highest BCUT2D eigenvalue weighted by Gasteiger charge is 2.05. The fraction of sp³-hybridized carbons (Fsp3) is 0.375. The van der Waals surface area contributed by atoms with Crippen molar-refractivity contribution in [1.82, 2.24) is 4.98 Å². The molecule has 1 rings (SSSR count). The topological polar surface area (TPSA) is 38.9 Å². The molecule has 0 saturated carbocycles. The van der Waals surface area contributed by atoms with E-state index in [-0.39, 0.29) is 6.04 Å². The molecule has 0 amide bonds. The lowest BCUT2D eigenvalue weighted by Gasteiger charge is -2.06. The summed E-state index contributed by atoms with van der Waals surface area (Å²) >= 11 is 5.88. The van der Waals surface area contributed by atoms with Crippen LogP contribution < -0.4 is 5.73 Å². The van der Waals surface area contributed by atoms with Crippen LogP contribution in [0.2, 0.25) is 5.02 Å². The molecule has 2 N–H and O–H groups in total. The molecule has 0 aliphatic heterocycles. The van der Waals surface area contributed by atoms with Gasteiger partial charge in [-0.25, -0.2) is 0 Å². The molecule has 11 heavy (non-hydrogen) atoms. The third-order valence-electron chi connectivity index (χ3n) is 1.44. The molecule has 0 aliphatic carbocycles. The zero-order chi connectivity index (χ0) is 8.43. The average molecular weight is 171 g/mol. The van der Waals surface area contributed by atoms with E-state index in [1.807, 2.05) is 19.9 Å². The molecule has 0 radical (unpaired) electrons. The Morgan fingerprint density at radius 3 is 2.73 bits per heavy atom. The van der Waals surface area contributed by atoms with Gasteiger partial charge in [0.25, 0.3) is 0 Å².